The van der Waals surface area contributed by atoms with Crippen molar-refractivity contribution in [3.8, 4) is 11.5 Å². The second-order valence-corrected chi connectivity index (χ2v) is 3.50. The number of hydrogen-bond donors (Lipinski definition) is 1. The molecule has 0 radical (unpaired) electrons. The lowest BCUT2D eigenvalue weighted by atomic mass is 10.1. The summed E-state index contributed by atoms with van der Waals surface area (Å²) < 4.78 is 10.2. The number of benzene rings is 1. The van der Waals surface area contributed by atoms with E-state index in [2.05, 4.69) is 0 Å². The zero-order valence-corrected chi connectivity index (χ0v) is 9.90. The molecule has 0 saturated heterocycles. The van der Waals surface area contributed by atoms with E-state index in [9.17, 15) is 4.79 Å². The van der Waals surface area contributed by atoms with Crippen molar-refractivity contribution in [1.29, 1.82) is 0 Å². The summed E-state index contributed by atoms with van der Waals surface area (Å²) in [5, 5.41) is 0. The van der Waals surface area contributed by atoms with Crippen LogP contribution in [0.3, 0.4) is 0 Å². The standard InChI is InChI=1S/C11H16N2O3/c1-13(2)11(14)7-5-8(12)10(16-4)9(6-7)15-3/h5-6H,12H2,1-4H3. The first-order valence-electron chi connectivity index (χ1n) is 4.74. The van der Waals surface area contributed by atoms with Crippen LogP contribution < -0.4 is 15.2 Å². The molecular formula is C11H16N2O3. The first-order valence-corrected chi connectivity index (χ1v) is 4.74. The van der Waals surface area contributed by atoms with Crippen LogP contribution in [0.5, 0.6) is 11.5 Å². The molecule has 16 heavy (non-hydrogen) atoms. The molecular weight excluding hydrogens is 208 g/mol. The van der Waals surface area contributed by atoms with Crippen LogP contribution in [0.25, 0.3) is 0 Å². The summed E-state index contributed by atoms with van der Waals surface area (Å²) in [4.78, 5) is 13.2. The molecule has 1 aromatic carbocycles. The zero-order chi connectivity index (χ0) is 12.3. The molecule has 0 bridgehead atoms. The van der Waals surface area contributed by atoms with E-state index < -0.39 is 0 Å². The van der Waals surface area contributed by atoms with E-state index in [-0.39, 0.29) is 5.91 Å². The Balaban J connectivity index is 3.25. The maximum Gasteiger partial charge on any atom is 0.253 e. The molecule has 88 valence electrons. The van der Waals surface area contributed by atoms with Gasteiger partial charge in [0.25, 0.3) is 5.91 Å². The molecule has 0 aromatic heterocycles. The molecule has 0 aliphatic heterocycles. The van der Waals surface area contributed by atoms with E-state index in [1.165, 1.54) is 19.1 Å². The summed E-state index contributed by atoms with van der Waals surface area (Å²) in [5.74, 6) is 0.762. The van der Waals surface area contributed by atoms with Gasteiger partial charge in [-0.3, -0.25) is 4.79 Å². The number of nitrogen functional groups attached to an aromatic ring is 1. The van der Waals surface area contributed by atoms with Crippen molar-refractivity contribution < 1.29 is 14.3 Å². The molecule has 0 saturated carbocycles. The highest BCUT2D eigenvalue weighted by Gasteiger charge is 2.15. The highest BCUT2D eigenvalue weighted by atomic mass is 16.5. The van der Waals surface area contributed by atoms with Gasteiger partial charge in [0.05, 0.1) is 19.9 Å². The Labute approximate surface area is 94.7 Å². The van der Waals surface area contributed by atoms with E-state index >= 15 is 0 Å². The number of anilines is 1. The highest BCUT2D eigenvalue weighted by molar-refractivity contribution is 5.96. The SMILES string of the molecule is COc1cc(C(=O)N(C)C)cc(N)c1OC. The summed E-state index contributed by atoms with van der Waals surface area (Å²) in [5.41, 5.74) is 6.62. The van der Waals surface area contributed by atoms with Gasteiger partial charge in [0.15, 0.2) is 11.5 Å². The summed E-state index contributed by atoms with van der Waals surface area (Å²) in [6, 6.07) is 3.18. The molecule has 1 amide bonds. The minimum absolute atomic E-state index is 0.132. The van der Waals surface area contributed by atoms with Gasteiger partial charge in [-0.15, -0.1) is 0 Å². The fourth-order valence-corrected chi connectivity index (χ4v) is 1.38. The van der Waals surface area contributed by atoms with E-state index in [0.29, 0.717) is 22.7 Å². The number of rotatable bonds is 3. The highest BCUT2D eigenvalue weighted by Crippen LogP contribution is 2.34. The average molecular weight is 224 g/mol. The number of nitrogens with zero attached hydrogens (tertiary/aromatic N) is 1. The lowest BCUT2D eigenvalue weighted by molar-refractivity contribution is 0.0827. The van der Waals surface area contributed by atoms with E-state index in [1.54, 1.807) is 26.2 Å². The zero-order valence-electron chi connectivity index (χ0n) is 9.90. The molecule has 0 spiro atoms. The van der Waals surface area contributed by atoms with Crippen molar-refractivity contribution in [2.45, 2.75) is 0 Å². The number of ether oxygens (including phenoxy) is 2. The van der Waals surface area contributed by atoms with E-state index in [1.807, 2.05) is 0 Å². The third kappa shape index (κ3) is 2.18. The van der Waals surface area contributed by atoms with Crippen LogP contribution >= 0.6 is 0 Å². The van der Waals surface area contributed by atoms with E-state index in [0.717, 1.165) is 0 Å². The molecule has 0 aliphatic carbocycles. The molecule has 0 aliphatic rings. The topological polar surface area (TPSA) is 64.8 Å². The lowest BCUT2D eigenvalue weighted by Gasteiger charge is -2.14. The molecule has 0 atom stereocenters. The number of methoxy groups -OCH3 is 2. The summed E-state index contributed by atoms with van der Waals surface area (Å²) in [6.45, 7) is 0. The Morgan fingerprint density at radius 2 is 1.88 bits per heavy atom. The minimum Gasteiger partial charge on any atom is -0.493 e. The van der Waals surface area contributed by atoms with E-state index in [4.69, 9.17) is 15.2 Å². The smallest absolute Gasteiger partial charge is 0.253 e. The van der Waals surface area contributed by atoms with Gasteiger partial charge in [0, 0.05) is 19.7 Å². The third-order valence-corrected chi connectivity index (χ3v) is 2.16. The summed E-state index contributed by atoms with van der Waals surface area (Å²) in [7, 11) is 6.35. The molecule has 0 fully saturated rings. The Bertz CT molecular complexity index is 402. The summed E-state index contributed by atoms with van der Waals surface area (Å²) >= 11 is 0. The largest absolute Gasteiger partial charge is 0.493 e. The molecule has 1 aromatic rings. The predicted octanol–water partition coefficient (Wildman–Crippen LogP) is 0.988. The predicted molar refractivity (Wildman–Crippen MR) is 62.0 cm³/mol. The van der Waals surface area contributed by atoms with Crippen molar-refractivity contribution in [3.05, 3.63) is 17.7 Å². The Morgan fingerprint density at radius 1 is 1.25 bits per heavy atom. The Hall–Kier alpha value is -1.91. The van der Waals surface area contributed by atoms with Crippen LogP contribution in [0, 0.1) is 0 Å². The average Bonchev–Trinajstić information content (AvgIpc) is 2.26. The normalized spacial score (nSPS) is 9.75. The fourth-order valence-electron chi connectivity index (χ4n) is 1.38. The number of amides is 1. The maximum atomic E-state index is 11.7. The van der Waals surface area contributed by atoms with Crippen molar-refractivity contribution in [2.75, 3.05) is 34.0 Å². The second kappa shape index (κ2) is 4.74. The Morgan fingerprint density at radius 3 is 2.31 bits per heavy atom. The van der Waals surface area contributed by atoms with Gasteiger partial charge >= 0.3 is 0 Å². The van der Waals surface area contributed by atoms with Gasteiger partial charge in [-0.1, -0.05) is 0 Å². The van der Waals surface area contributed by atoms with Crippen LogP contribution in [-0.4, -0.2) is 39.1 Å². The number of nitrogens with two attached hydrogens (primary N) is 1. The van der Waals surface area contributed by atoms with Gasteiger partial charge in [-0.05, 0) is 12.1 Å². The molecule has 5 nitrogen and oxygen atoms in total. The van der Waals surface area contributed by atoms with Gasteiger partial charge in [-0.25, -0.2) is 0 Å². The Kier molecular flexibility index (Phi) is 3.60. The van der Waals surface area contributed by atoms with Crippen LogP contribution in [-0.2, 0) is 0 Å². The van der Waals surface area contributed by atoms with Crippen LogP contribution in [0.2, 0.25) is 0 Å². The van der Waals surface area contributed by atoms with Crippen molar-refractivity contribution in [3.63, 3.8) is 0 Å². The van der Waals surface area contributed by atoms with Crippen molar-refractivity contribution in [1.82, 2.24) is 4.90 Å². The van der Waals surface area contributed by atoms with Gasteiger partial charge in [0.1, 0.15) is 0 Å². The monoisotopic (exact) mass is 224 g/mol. The van der Waals surface area contributed by atoms with Crippen LogP contribution in [0.1, 0.15) is 10.4 Å². The molecule has 5 heteroatoms. The summed E-state index contributed by atoms with van der Waals surface area (Å²) in [6.07, 6.45) is 0. The molecule has 0 heterocycles. The number of carbonyl (C=O) groups excluding carboxylic acids is 1. The first-order chi connectivity index (χ1) is 7.51. The molecule has 0 unspecified atom stereocenters. The van der Waals surface area contributed by atoms with Crippen LogP contribution in [0.15, 0.2) is 12.1 Å². The van der Waals surface area contributed by atoms with Gasteiger partial charge in [0.2, 0.25) is 0 Å². The molecule has 2 N–H and O–H groups in total. The fraction of sp³-hybridized carbons (Fsp3) is 0.364. The number of hydrogen-bond acceptors (Lipinski definition) is 4. The van der Waals surface area contributed by atoms with Crippen molar-refractivity contribution >= 4 is 11.6 Å². The van der Waals surface area contributed by atoms with Crippen LogP contribution in [0.4, 0.5) is 5.69 Å². The maximum absolute atomic E-state index is 11.7. The third-order valence-electron chi connectivity index (χ3n) is 2.16. The number of carbonyl (C=O) groups is 1. The van der Waals surface area contributed by atoms with Gasteiger partial charge in [-0.2, -0.15) is 0 Å². The quantitative estimate of drug-likeness (QED) is 0.777. The minimum atomic E-state index is -0.132. The van der Waals surface area contributed by atoms with Crippen molar-refractivity contribution in [2.24, 2.45) is 0 Å². The second-order valence-electron chi connectivity index (χ2n) is 3.50. The lowest BCUT2D eigenvalue weighted by Crippen LogP contribution is -2.21. The van der Waals surface area contributed by atoms with Gasteiger partial charge < -0.3 is 20.1 Å². The molecule has 1 rings (SSSR count). The first kappa shape index (κ1) is 12.2.